The van der Waals surface area contributed by atoms with Gasteiger partial charge in [0.15, 0.2) is 11.5 Å². The summed E-state index contributed by atoms with van der Waals surface area (Å²) in [6, 6.07) is 8.39. The maximum absolute atomic E-state index is 11.1. The smallest absolute Gasteiger partial charge is 0.287 e. The van der Waals surface area contributed by atoms with Crippen molar-refractivity contribution in [2.45, 2.75) is 6.61 Å². The molecular weight excluding hydrogens is 258 g/mol. The lowest BCUT2D eigenvalue weighted by Gasteiger charge is -2.02. The number of nitrogens with zero attached hydrogens (tertiary/aromatic N) is 1. The van der Waals surface area contributed by atoms with Crippen molar-refractivity contribution in [2.75, 3.05) is 0 Å². The van der Waals surface area contributed by atoms with Crippen LogP contribution in [0.3, 0.4) is 0 Å². The fourth-order valence-corrected chi connectivity index (χ4v) is 1.45. The second-order valence-electron chi connectivity index (χ2n) is 3.40. The van der Waals surface area contributed by atoms with Crippen LogP contribution in [0, 0.1) is 0 Å². The summed E-state index contributed by atoms with van der Waals surface area (Å²) in [5.74, 6) is 5.46. The Labute approximate surface area is 108 Å². The fourth-order valence-electron chi connectivity index (χ4n) is 1.27. The molecule has 18 heavy (non-hydrogen) atoms. The summed E-state index contributed by atoms with van der Waals surface area (Å²) in [7, 11) is 0. The number of nitrogens with two attached hydrogens (primary N) is 1. The molecule has 2 aromatic rings. The molecule has 0 unspecified atom stereocenters. The van der Waals surface area contributed by atoms with Crippen molar-refractivity contribution in [3.63, 3.8) is 0 Å². The number of rotatable bonds is 4. The van der Waals surface area contributed by atoms with E-state index in [-0.39, 0.29) is 12.3 Å². The van der Waals surface area contributed by atoms with Gasteiger partial charge in [0, 0.05) is 11.1 Å². The molecule has 0 saturated heterocycles. The van der Waals surface area contributed by atoms with Gasteiger partial charge in [-0.15, -0.1) is 0 Å². The van der Waals surface area contributed by atoms with Crippen molar-refractivity contribution in [3.05, 3.63) is 46.8 Å². The minimum absolute atomic E-state index is 0.0993. The summed E-state index contributed by atoms with van der Waals surface area (Å²) < 4.78 is 10.3. The molecule has 0 aliphatic carbocycles. The molecule has 1 aromatic carbocycles. The summed E-state index contributed by atoms with van der Waals surface area (Å²) >= 11 is 5.81. The van der Waals surface area contributed by atoms with Gasteiger partial charge in [0.2, 0.25) is 0 Å². The number of nitrogen functional groups attached to an aromatic ring is 1. The largest absolute Gasteiger partial charge is 0.485 e. The Kier molecular flexibility index (Phi) is 3.81. The minimum Gasteiger partial charge on any atom is -0.485 e. The first-order valence-electron chi connectivity index (χ1n) is 5.04. The van der Waals surface area contributed by atoms with Crippen LogP contribution in [-0.2, 0) is 6.61 Å². The number of hydrazine groups is 1. The van der Waals surface area contributed by atoms with Crippen LogP contribution < -0.4 is 16.0 Å². The molecule has 3 N–H and O–H groups in total. The van der Waals surface area contributed by atoms with E-state index in [1.165, 1.54) is 6.07 Å². The Hall–Kier alpha value is -2.05. The number of halogens is 1. The van der Waals surface area contributed by atoms with E-state index >= 15 is 0 Å². The standard InChI is InChI=1S/C11H10ClN3O3/c12-7-2-1-3-8(4-7)17-6-9-5-10(15-18-9)11(16)14-13/h1-5H,6,13H2,(H,14,16). The van der Waals surface area contributed by atoms with E-state index in [9.17, 15) is 4.79 Å². The molecule has 2 rings (SSSR count). The summed E-state index contributed by atoms with van der Waals surface area (Å²) in [6.07, 6.45) is 0. The third-order valence-electron chi connectivity index (χ3n) is 2.10. The SMILES string of the molecule is NNC(=O)c1cc(COc2cccc(Cl)c2)on1. The van der Waals surface area contributed by atoms with Gasteiger partial charge in [-0.05, 0) is 18.2 Å². The number of aromatic nitrogens is 1. The van der Waals surface area contributed by atoms with E-state index in [0.29, 0.717) is 16.5 Å². The minimum atomic E-state index is -0.521. The molecule has 1 aromatic heterocycles. The van der Waals surface area contributed by atoms with Gasteiger partial charge in [-0.3, -0.25) is 10.2 Å². The summed E-state index contributed by atoms with van der Waals surface area (Å²) in [6.45, 7) is 0.144. The molecule has 0 radical (unpaired) electrons. The number of ether oxygens (including phenoxy) is 1. The highest BCUT2D eigenvalue weighted by atomic mass is 35.5. The topological polar surface area (TPSA) is 90.4 Å². The molecular formula is C11H10ClN3O3. The van der Waals surface area contributed by atoms with Crippen molar-refractivity contribution < 1.29 is 14.1 Å². The molecule has 94 valence electrons. The molecule has 6 nitrogen and oxygen atoms in total. The number of carbonyl (C=O) groups excluding carboxylic acids is 1. The lowest BCUT2D eigenvalue weighted by atomic mass is 10.3. The van der Waals surface area contributed by atoms with Crippen LogP contribution in [-0.4, -0.2) is 11.1 Å². The highest BCUT2D eigenvalue weighted by Gasteiger charge is 2.11. The molecule has 0 spiro atoms. The summed E-state index contributed by atoms with van der Waals surface area (Å²) in [4.78, 5) is 11.1. The molecule has 1 heterocycles. The Bertz CT molecular complexity index is 556. The molecule has 0 fully saturated rings. The first kappa shape index (κ1) is 12.4. The normalized spacial score (nSPS) is 10.1. The highest BCUT2D eigenvalue weighted by Crippen LogP contribution is 2.18. The molecule has 0 saturated carbocycles. The van der Waals surface area contributed by atoms with Crippen molar-refractivity contribution in [2.24, 2.45) is 5.84 Å². The van der Waals surface area contributed by atoms with Crippen molar-refractivity contribution in [1.82, 2.24) is 10.6 Å². The lowest BCUT2D eigenvalue weighted by Crippen LogP contribution is -2.30. The number of benzene rings is 1. The summed E-state index contributed by atoms with van der Waals surface area (Å²) in [5.41, 5.74) is 2.06. The van der Waals surface area contributed by atoms with Gasteiger partial charge in [0.25, 0.3) is 5.91 Å². The molecule has 1 amide bonds. The Morgan fingerprint density at radius 2 is 2.33 bits per heavy atom. The maximum Gasteiger partial charge on any atom is 0.287 e. The number of nitrogens with one attached hydrogen (secondary N) is 1. The maximum atomic E-state index is 11.1. The van der Waals surface area contributed by atoms with Crippen LogP contribution >= 0.6 is 11.6 Å². The second kappa shape index (κ2) is 5.52. The van der Waals surface area contributed by atoms with Crippen molar-refractivity contribution in [1.29, 1.82) is 0 Å². The van der Waals surface area contributed by atoms with Gasteiger partial charge in [-0.25, -0.2) is 5.84 Å². The quantitative estimate of drug-likeness (QED) is 0.498. The number of hydrogen-bond acceptors (Lipinski definition) is 5. The van der Waals surface area contributed by atoms with Gasteiger partial charge < -0.3 is 9.26 Å². The first-order chi connectivity index (χ1) is 8.69. The molecule has 0 aliphatic heterocycles. The van der Waals surface area contributed by atoms with E-state index in [4.69, 9.17) is 26.7 Å². The van der Waals surface area contributed by atoms with Gasteiger partial charge in [-0.1, -0.05) is 22.8 Å². The Morgan fingerprint density at radius 3 is 3.06 bits per heavy atom. The molecule has 0 aliphatic rings. The van der Waals surface area contributed by atoms with E-state index in [1.807, 2.05) is 5.43 Å². The predicted molar refractivity (Wildman–Crippen MR) is 63.9 cm³/mol. The average molecular weight is 268 g/mol. The van der Waals surface area contributed by atoms with Gasteiger partial charge >= 0.3 is 0 Å². The van der Waals surface area contributed by atoms with Crippen molar-refractivity contribution >= 4 is 17.5 Å². The summed E-state index contributed by atoms with van der Waals surface area (Å²) in [5, 5.41) is 4.12. The lowest BCUT2D eigenvalue weighted by molar-refractivity contribution is 0.0944. The van der Waals surface area contributed by atoms with Gasteiger partial charge in [0.1, 0.15) is 12.4 Å². The van der Waals surface area contributed by atoms with Crippen molar-refractivity contribution in [3.8, 4) is 5.75 Å². The Morgan fingerprint density at radius 1 is 1.50 bits per heavy atom. The van der Waals surface area contributed by atoms with Crippen LogP contribution in [0.1, 0.15) is 16.2 Å². The predicted octanol–water partition coefficient (Wildman–Crippen LogP) is 1.51. The molecule has 0 bridgehead atoms. The van der Waals surface area contributed by atoms with E-state index in [2.05, 4.69) is 5.16 Å². The van der Waals surface area contributed by atoms with E-state index < -0.39 is 5.91 Å². The molecule has 7 heteroatoms. The average Bonchev–Trinajstić information content (AvgIpc) is 2.84. The van der Waals surface area contributed by atoms with E-state index in [1.54, 1.807) is 24.3 Å². The van der Waals surface area contributed by atoms with Crippen LogP contribution in [0.25, 0.3) is 0 Å². The third-order valence-corrected chi connectivity index (χ3v) is 2.33. The zero-order valence-electron chi connectivity index (χ0n) is 9.22. The third kappa shape index (κ3) is 2.99. The van der Waals surface area contributed by atoms with Crippen LogP contribution in [0.2, 0.25) is 5.02 Å². The second-order valence-corrected chi connectivity index (χ2v) is 3.83. The van der Waals surface area contributed by atoms with Crippen LogP contribution in [0.5, 0.6) is 5.75 Å². The highest BCUT2D eigenvalue weighted by molar-refractivity contribution is 6.30. The van der Waals surface area contributed by atoms with Gasteiger partial charge in [-0.2, -0.15) is 0 Å². The first-order valence-corrected chi connectivity index (χ1v) is 5.42. The van der Waals surface area contributed by atoms with Crippen LogP contribution in [0.4, 0.5) is 0 Å². The zero-order valence-corrected chi connectivity index (χ0v) is 9.98. The van der Waals surface area contributed by atoms with E-state index in [0.717, 1.165) is 0 Å². The number of amides is 1. The fraction of sp³-hybridized carbons (Fsp3) is 0.0909. The zero-order chi connectivity index (χ0) is 13.0. The number of carbonyl (C=O) groups is 1. The Balaban J connectivity index is 1.98. The number of hydrogen-bond donors (Lipinski definition) is 2. The van der Waals surface area contributed by atoms with Gasteiger partial charge in [0.05, 0.1) is 0 Å². The monoisotopic (exact) mass is 267 g/mol. The van der Waals surface area contributed by atoms with Crippen LogP contribution in [0.15, 0.2) is 34.9 Å². The molecule has 0 atom stereocenters.